The Kier molecular flexibility index (Phi) is 4.34. The van der Waals surface area contributed by atoms with Crippen LogP contribution in [0.3, 0.4) is 0 Å². The second-order valence-corrected chi connectivity index (χ2v) is 5.48. The summed E-state index contributed by atoms with van der Waals surface area (Å²) in [6.07, 6.45) is 3.16. The summed E-state index contributed by atoms with van der Waals surface area (Å²) in [6, 6.07) is 0. The maximum atomic E-state index is 12.0. The molecule has 0 aliphatic carbocycles. The minimum absolute atomic E-state index is 0.565. The molecule has 14 heavy (non-hydrogen) atoms. The molecule has 0 aromatic carbocycles. The Labute approximate surface area is 87.1 Å². The molecule has 1 heterocycles. The Morgan fingerprint density at radius 2 is 1.57 bits per heavy atom. The highest BCUT2D eigenvalue weighted by Gasteiger charge is 2.28. The molecule has 1 aliphatic rings. The Morgan fingerprint density at radius 1 is 1.07 bits per heavy atom. The Balaban J connectivity index is 2.71. The summed E-state index contributed by atoms with van der Waals surface area (Å²) < 4.78 is 27.1. The molecule has 0 spiro atoms. The number of rotatable bonds is 4. The van der Waals surface area contributed by atoms with Crippen LogP contribution in [-0.2, 0) is 10.2 Å². The third-order valence-electron chi connectivity index (χ3n) is 2.67. The average molecular weight is 220 g/mol. The van der Waals surface area contributed by atoms with Crippen molar-refractivity contribution < 1.29 is 8.42 Å². The van der Waals surface area contributed by atoms with Gasteiger partial charge < -0.3 is 0 Å². The fourth-order valence-electron chi connectivity index (χ4n) is 1.81. The van der Waals surface area contributed by atoms with Crippen LogP contribution < -0.4 is 0 Å². The number of hydrogen-bond acceptors (Lipinski definition) is 2. The molecule has 1 aliphatic heterocycles. The predicted octanol–water partition coefficient (Wildman–Crippen LogP) is 1.06. The van der Waals surface area contributed by atoms with E-state index in [1.165, 1.54) is 4.31 Å². The van der Waals surface area contributed by atoms with Crippen LogP contribution in [0, 0.1) is 0 Å². The van der Waals surface area contributed by atoms with Gasteiger partial charge in [0.2, 0.25) is 0 Å². The molecule has 4 nitrogen and oxygen atoms in total. The Hall–Kier alpha value is -0.130. The van der Waals surface area contributed by atoms with Gasteiger partial charge in [0, 0.05) is 26.2 Å². The molecule has 1 rings (SSSR count). The lowest BCUT2D eigenvalue weighted by Crippen LogP contribution is -2.45. The van der Waals surface area contributed by atoms with Crippen molar-refractivity contribution in [1.29, 1.82) is 0 Å². The van der Waals surface area contributed by atoms with E-state index in [1.807, 2.05) is 13.8 Å². The van der Waals surface area contributed by atoms with E-state index < -0.39 is 10.2 Å². The first-order chi connectivity index (χ1) is 6.62. The summed E-state index contributed by atoms with van der Waals surface area (Å²) in [7, 11) is -3.16. The van der Waals surface area contributed by atoms with Crippen molar-refractivity contribution in [2.45, 2.75) is 33.1 Å². The highest BCUT2D eigenvalue weighted by molar-refractivity contribution is 7.86. The lowest BCUT2D eigenvalue weighted by Gasteiger charge is -2.30. The van der Waals surface area contributed by atoms with Gasteiger partial charge in [0.15, 0.2) is 0 Å². The van der Waals surface area contributed by atoms with E-state index in [9.17, 15) is 8.42 Å². The first-order valence-electron chi connectivity index (χ1n) is 5.38. The average Bonchev–Trinajstić information content (AvgIpc) is 2.20. The van der Waals surface area contributed by atoms with Crippen molar-refractivity contribution in [3.05, 3.63) is 0 Å². The Morgan fingerprint density at radius 3 is 2.00 bits per heavy atom. The van der Waals surface area contributed by atoms with E-state index in [0.717, 1.165) is 19.3 Å². The molecule has 5 heteroatoms. The van der Waals surface area contributed by atoms with Gasteiger partial charge in [-0.2, -0.15) is 17.0 Å². The molecule has 0 amide bonds. The SMILES string of the molecule is CCN(CC)S(=O)(=O)N1CCCCC1. The van der Waals surface area contributed by atoms with Gasteiger partial charge in [0.05, 0.1) is 0 Å². The van der Waals surface area contributed by atoms with E-state index in [1.54, 1.807) is 4.31 Å². The van der Waals surface area contributed by atoms with Crippen molar-refractivity contribution in [3.8, 4) is 0 Å². The quantitative estimate of drug-likeness (QED) is 0.711. The normalized spacial score (nSPS) is 20.2. The summed E-state index contributed by atoms with van der Waals surface area (Å²) in [5, 5.41) is 0. The van der Waals surface area contributed by atoms with Crippen LogP contribution in [0.5, 0.6) is 0 Å². The monoisotopic (exact) mass is 220 g/mol. The molecule has 0 atom stereocenters. The molecule has 0 bridgehead atoms. The van der Waals surface area contributed by atoms with E-state index in [2.05, 4.69) is 0 Å². The molecule has 0 saturated carbocycles. The summed E-state index contributed by atoms with van der Waals surface area (Å²) in [6.45, 7) is 6.28. The first kappa shape index (κ1) is 11.9. The molecular formula is C9H20N2O2S. The smallest absolute Gasteiger partial charge is 0.195 e. The van der Waals surface area contributed by atoms with Gasteiger partial charge in [-0.15, -0.1) is 0 Å². The standard InChI is InChI=1S/C9H20N2O2S/c1-3-10(4-2)14(12,13)11-8-6-5-7-9-11/h3-9H2,1-2H3. The lowest BCUT2D eigenvalue weighted by molar-refractivity contribution is 0.309. The van der Waals surface area contributed by atoms with E-state index >= 15 is 0 Å². The van der Waals surface area contributed by atoms with Crippen LogP contribution in [-0.4, -0.2) is 43.2 Å². The van der Waals surface area contributed by atoms with Crippen molar-refractivity contribution in [1.82, 2.24) is 8.61 Å². The van der Waals surface area contributed by atoms with Gasteiger partial charge in [-0.3, -0.25) is 0 Å². The number of hydrogen-bond donors (Lipinski definition) is 0. The zero-order valence-corrected chi connectivity index (χ0v) is 9.89. The molecule has 0 aromatic rings. The van der Waals surface area contributed by atoms with Gasteiger partial charge in [0.1, 0.15) is 0 Å². The lowest BCUT2D eigenvalue weighted by atomic mass is 10.2. The topological polar surface area (TPSA) is 40.6 Å². The summed E-state index contributed by atoms with van der Waals surface area (Å²) in [4.78, 5) is 0. The van der Waals surface area contributed by atoms with Gasteiger partial charge in [-0.05, 0) is 12.8 Å². The van der Waals surface area contributed by atoms with Crippen LogP contribution >= 0.6 is 0 Å². The summed E-state index contributed by atoms with van der Waals surface area (Å²) >= 11 is 0. The van der Waals surface area contributed by atoms with Crippen molar-refractivity contribution in [2.24, 2.45) is 0 Å². The highest BCUT2D eigenvalue weighted by atomic mass is 32.2. The summed E-state index contributed by atoms with van der Waals surface area (Å²) in [5.41, 5.74) is 0. The zero-order chi connectivity index (χ0) is 10.6. The molecule has 1 saturated heterocycles. The second-order valence-electron chi connectivity index (χ2n) is 3.55. The molecular weight excluding hydrogens is 200 g/mol. The molecule has 0 N–H and O–H groups in total. The second kappa shape index (κ2) is 5.09. The third-order valence-corrected chi connectivity index (χ3v) is 4.86. The van der Waals surface area contributed by atoms with Crippen molar-refractivity contribution in [3.63, 3.8) is 0 Å². The molecule has 1 fully saturated rings. The zero-order valence-electron chi connectivity index (χ0n) is 9.07. The Bertz CT molecular complexity index is 254. The maximum absolute atomic E-state index is 12.0. The molecule has 0 aromatic heterocycles. The van der Waals surface area contributed by atoms with Crippen LogP contribution in [0.15, 0.2) is 0 Å². The summed E-state index contributed by atoms with van der Waals surface area (Å²) in [5.74, 6) is 0. The number of nitrogens with zero attached hydrogens (tertiary/aromatic N) is 2. The van der Waals surface area contributed by atoms with E-state index in [-0.39, 0.29) is 0 Å². The predicted molar refractivity (Wildman–Crippen MR) is 57.3 cm³/mol. The van der Waals surface area contributed by atoms with E-state index in [0.29, 0.717) is 26.2 Å². The minimum Gasteiger partial charge on any atom is -0.195 e. The van der Waals surface area contributed by atoms with Gasteiger partial charge in [-0.25, -0.2) is 0 Å². The maximum Gasteiger partial charge on any atom is 0.281 e. The molecule has 84 valence electrons. The molecule has 0 unspecified atom stereocenters. The largest absolute Gasteiger partial charge is 0.281 e. The van der Waals surface area contributed by atoms with Crippen LogP contribution in [0.25, 0.3) is 0 Å². The fourth-order valence-corrected chi connectivity index (χ4v) is 3.51. The van der Waals surface area contributed by atoms with Crippen molar-refractivity contribution in [2.75, 3.05) is 26.2 Å². The first-order valence-corrected chi connectivity index (χ1v) is 6.77. The fraction of sp³-hybridized carbons (Fsp3) is 1.00. The van der Waals surface area contributed by atoms with Crippen LogP contribution in [0.2, 0.25) is 0 Å². The van der Waals surface area contributed by atoms with Gasteiger partial charge in [0.25, 0.3) is 10.2 Å². The van der Waals surface area contributed by atoms with E-state index in [4.69, 9.17) is 0 Å². The van der Waals surface area contributed by atoms with Gasteiger partial charge in [-0.1, -0.05) is 20.3 Å². The number of piperidine rings is 1. The molecule has 0 radical (unpaired) electrons. The van der Waals surface area contributed by atoms with Crippen LogP contribution in [0.4, 0.5) is 0 Å². The third kappa shape index (κ3) is 2.46. The van der Waals surface area contributed by atoms with Gasteiger partial charge >= 0.3 is 0 Å². The van der Waals surface area contributed by atoms with Crippen molar-refractivity contribution >= 4 is 10.2 Å². The van der Waals surface area contributed by atoms with Crippen LogP contribution in [0.1, 0.15) is 33.1 Å². The minimum atomic E-state index is -3.16. The highest BCUT2D eigenvalue weighted by Crippen LogP contribution is 2.15.